The molecule has 7 heteroatoms. The number of amides is 1. The largest absolute Gasteiger partial charge is 0.450 e. The van der Waals surface area contributed by atoms with Gasteiger partial charge in [0, 0.05) is 12.3 Å². The molecular weight excluding hydrogens is 348 g/mol. The Hall–Kier alpha value is -2.41. The van der Waals surface area contributed by atoms with Crippen LogP contribution in [-0.4, -0.2) is 20.5 Å². The molecule has 1 N–H and O–H groups in total. The van der Waals surface area contributed by atoms with Crippen LogP contribution in [0.1, 0.15) is 24.6 Å². The minimum absolute atomic E-state index is 0.229. The van der Waals surface area contributed by atoms with E-state index in [0.717, 1.165) is 5.65 Å². The maximum Gasteiger partial charge on any atom is 0.244 e. The Balaban J connectivity index is 1.69. The van der Waals surface area contributed by atoms with Crippen molar-refractivity contribution in [3.63, 3.8) is 0 Å². The highest BCUT2D eigenvalue weighted by molar-refractivity contribution is 9.10. The van der Waals surface area contributed by atoms with E-state index in [9.17, 15) is 4.79 Å². The van der Waals surface area contributed by atoms with Crippen molar-refractivity contribution >= 4 is 33.6 Å². The summed E-state index contributed by atoms with van der Waals surface area (Å²) < 4.78 is 7.76. The highest BCUT2D eigenvalue weighted by atomic mass is 79.9. The van der Waals surface area contributed by atoms with Crippen LogP contribution in [0.3, 0.4) is 0 Å². The van der Waals surface area contributed by atoms with Crippen LogP contribution in [0.15, 0.2) is 51.7 Å². The van der Waals surface area contributed by atoms with Gasteiger partial charge in [0.05, 0.1) is 6.04 Å². The summed E-state index contributed by atoms with van der Waals surface area (Å²) in [7, 11) is 0. The molecule has 0 saturated heterocycles. The lowest BCUT2D eigenvalue weighted by molar-refractivity contribution is -0.117. The van der Waals surface area contributed by atoms with Crippen LogP contribution in [0, 0.1) is 0 Å². The molecule has 6 nitrogen and oxygen atoms in total. The van der Waals surface area contributed by atoms with E-state index in [4.69, 9.17) is 4.42 Å². The molecule has 0 radical (unpaired) electrons. The topological polar surface area (TPSA) is 72.4 Å². The molecule has 0 aliphatic heterocycles. The number of furan rings is 1. The Morgan fingerprint density at radius 1 is 1.36 bits per heavy atom. The van der Waals surface area contributed by atoms with Crippen molar-refractivity contribution < 1.29 is 9.21 Å². The lowest BCUT2D eigenvalue weighted by Gasteiger charge is -2.10. The van der Waals surface area contributed by atoms with E-state index >= 15 is 0 Å². The van der Waals surface area contributed by atoms with Crippen LogP contribution in [0.5, 0.6) is 0 Å². The number of carbonyl (C=O) groups is 1. The number of nitrogens with zero attached hydrogens (tertiary/aromatic N) is 3. The summed E-state index contributed by atoms with van der Waals surface area (Å²) in [6, 6.07) is 8.91. The summed E-state index contributed by atoms with van der Waals surface area (Å²) in [6.07, 6.45) is 4.89. The van der Waals surface area contributed by atoms with E-state index in [1.165, 1.54) is 6.08 Å². The molecular formula is C15H13BrN4O2. The molecule has 0 unspecified atom stereocenters. The van der Waals surface area contributed by atoms with Crippen molar-refractivity contribution in [2.45, 2.75) is 13.0 Å². The molecule has 3 rings (SSSR count). The molecule has 0 saturated carbocycles. The Labute approximate surface area is 135 Å². The summed E-state index contributed by atoms with van der Waals surface area (Å²) in [5.74, 6) is 1.05. The van der Waals surface area contributed by atoms with Crippen molar-refractivity contribution in [2.24, 2.45) is 0 Å². The highest BCUT2D eigenvalue weighted by Gasteiger charge is 2.14. The molecule has 0 spiro atoms. The quantitative estimate of drug-likeness (QED) is 0.726. The van der Waals surface area contributed by atoms with Gasteiger partial charge in [0.25, 0.3) is 0 Å². The molecule has 3 heterocycles. The van der Waals surface area contributed by atoms with Gasteiger partial charge in [0.1, 0.15) is 5.76 Å². The first-order valence-corrected chi connectivity index (χ1v) is 7.46. The average molecular weight is 361 g/mol. The smallest absolute Gasteiger partial charge is 0.244 e. The zero-order chi connectivity index (χ0) is 15.5. The molecule has 22 heavy (non-hydrogen) atoms. The SMILES string of the molecule is C[C@H](NC(=O)/C=C/c1ccc(Br)o1)c1nnc2ccccn12. The second kappa shape index (κ2) is 6.15. The van der Waals surface area contributed by atoms with Gasteiger partial charge >= 0.3 is 0 Å². The molecule has 0 bridgehead atoms. The molecule has 0 fully saturated rings. The first-order valence-electron chi connectivity index (χ1n) is 6.67. The van der Waals surface area contributed by atoms with E-state index < -0.39 is 0 Å². The fraction of sp³-hybridized carbons (Fsp3) is 0.133. The van der Waals surface area contributed by atoms with E-state index in [0.29, 0.717) is 16.3 Å². The van der Waals surface area contributed by atoms with Crippen molar-refractivity contribution in [3.8, 4) is 0 Å². The number of fused-ring (bicyclic) bond motifs is 1. The van der Waals surface area contributed by atoms with Crippen LogP contribution < -0.4 is 5.32 Å². The van der Waals surface area contributed by atoms with Gasteiger partial charge in [-0.3, -0.25) is 9.20 Å². The highest BCUT2D eigenvalue weighted by Crippen LogP contribution is 2.15. The number of halogens is 1. The molecule has 0 aliphatic carbocycles. The molecule has 112 valence electrons. The second-order valence-corrected chi connectivity index (χ2v) is 5.47. The zero-order valence-electron chi connectivity index (χ0n) is 11.7. The zero-order valence-corrected chi connectivity index (χ0v) is 13.3. The third-order valence-corrected chi connectivity index (χ3v) is 3.51. The fourth-order valence-corrected chi connectivity index (χ4v) is 2.38. The maximum atomic E-state index is 12.0. The summed E-state index contributed by atoms with van der Waals surface area (Å²) in [4.78, 5) is 12.0. The van der Waals surface area contributed by atoms with Crippen LogP contribution in [-0.2, 0) is 4.79 Å². The van der Waals surface area contributed by atoms with E-state index in [1.54, 1.807) is 18.2 Å². The first kappa shape index (κ1) is 14.5. The van der Waals surface area contributed by atoms with Gasteiger partial charge in [0.15, 0.2) is 16.1 Å². The Morgan fingerprint density at radius 3 is 3.00 bits per heavy atom. The van der Waals surface area contributed by atoms with Crippen LogP contribution in [0.4, 0.5) is 0 Å². The Kier molecular flexibility index (Phi) is 4.06. The number of nitrogens with one attached hydrogen (secondary N) is 1. The molecule has 0 aliphatic rings. The monoisotopic (exact) mass is 360 g/mol. The molecule has 0 aromatic carbocycles. The normalized spacial score (nSPS) is 12.8. The van der Waals surface area contributed by atoms with Crippen LogP contribution in [0.2, 0.25) is 0 Å². The van der Waals surface area contributed by atoms with Crippen molar-refractivity contribution in [2.75, 3.05) is 0 Å². The lowest BCUT2D eigenvalue weighted by atomic mass is 10.3. The summed E-state index contributed by atoms with van der Waals surface area (Å²) in [6.45, 7) is 1.86. The second-order valence-electron chi connectivity index (χ2n) is 4.69. The van der Waals surface area contributed by atoms with Gasteiger partial charge in [0.2, 0.25) is 5.91 Å². The number of hydrogen-bond acceptors (Lipinski definition) is 4. The van der Waals surface area contributed by atoms with Gasteiger partial charge in [-0.15, -0.1) is 10.2 Å². The third-order valence-electron chi connectivity index (χ3n) is 3.08. The van der Waals surface area contributed by atoms with Gasteiger partial charge in [-0.2, -0.15) is 0 Å². The Morgan fingerprint density at radius 2 is 2.23 bits per heavy atom. The van der Waals surface area contributed by atoms with Gasteiger partial charge in [-0.05, 0) is 53.2 Å². The van der Waals surface area contributed by atoms with Gasteiger partial charge in [-0.25, -0.2) is 0 Å². The standard InChI is InChI=1S/C15H13BrN4O2/c1-10(15-19-18-13-4-2-3-9-20(13)15)17-14(21)8-6-11-5-7-12(16)22-11/h2-10H,1H3,(H,17,21)/b8-6+/t10-/m0/s1. The molecule has 3 aromatic heterocycles. The van der Waals surface area contributed by atoms with E-state index in [-0.39, 0.29) is 11.9 Å². The summed E-state index contributed by atoms with van der Waals surface area (Å²) in [5, 5.41) is 11.0. The predicted molar refractivity (Wildman–Crippen MR) is 85.0 cm³/mol. The van der Waals surface area contributed by atoms with E-state index in [2.05, 4.69) is 31.4 Å². The van der Waals surface area contributed by atoms with Gasteiger partial charge in [-0.1, -0.05) is 6.07 Å². The Bertz CT molecular complexity index is 837. The van der Waals surface area contributed by atoms with Crippen LogP contribution >= 0.6 is 15.9 Å². The number of hydrogen-bond donors (Lipinski definition) is 1. The first-order chi connectivity index (χ1) is 10.6. The van der Waals surface area contributed by atoms with Crippen molar-refractivity contribution in [1.82, 2.24) is 19.9 Å². The lowest BCUT2D eigenvalue weighted by Crippen LogP contribution is -2.26. The van der Waals surface area contributed by atoms with Crippen LogP contribution in [0.25, 0.3) is 11.7 Å². The minimum atomic E-state index is -0.266. The molecule has 3 aromatic rings. The number of aromatic nitrogens is 3. The predicted octanol–water partition coefficient (Wildman–Crippen LogP) is 2.98. The van der Waals surface area contributed by atoms with Crippen molar-refractivity contribution in [3.05, 3.63) is 58.9 Å². The fourth-order valence-electron chi connectivity index (χ4n) is 2.06. The third kappa shape index (κ3) is 3.09. The average Bonchev–Trinajstić information content (AvgIpc) is 3.11. The molecule has 1 amide bonds. The summed E-state index contributed by atoms with van der Waals surface area (Å²) >= 11 is 3.21. The van der Waals surface area contributed by atoms with E-state index in [1.807, 2.05) is 35.7 Å². The molecule has 1 atom stereocenters. The minimum Gasteiger partial charge on any atom is -0.450 e. The maximum absolute atomic E-state index is 12.0. The number of rotatable bonds is 4. The summed E-state index contributed by atoms with van der Waals surface area (Å²) in [5.41, 5.74) is 0.745. The number of carbonyl (C=O) groups excluding carboxylic acids is 1. The van der Waals surface area contributed by atoms with Crippen molar-refractivity contribution in [1.29, 1.82) is 0 Å². The number of pyridine rings is 1. The van der Waals surface area contributed by atoms with Gasteiger partial charge < -0.3 is 9.73 Å².